The van der Waals surface area contributed by atoms with Gasteiger partial charge in [-0.15, -0.1) is 5.11 Å². The molecule has 10 nitrogen and oxygen atoms in total. The minimum absolute atomic E-state index is 0.00711. The predicted molar refractivity (Wildman–Crippen MR) is 100 cm³/mol. The van der Waals surface area contributed by atoms with Gasteiger partial charge in [0.15, 0.2) is 0 Å². The Bertz CT molecular complexity index is 1330. The number of hydrogen-bond donors (Lipinski definition) is 4. The molecule has 146 valence electrons. The van der Waals surface area contributed by atoms with Crippen molar-refractivity contribution >= 4 is 48.1 Å². The van der Waals surface area contributed by atoms with E-state index in [4.69, 9.17) is 10.3 Å². The fourth-order valence-corrected chi connectivity index (χ4v) is 3.78. The molecule has 0 saturated heterocycles. The molecule has 0 unspecified atom stereocenters. The van der Waals surface area contributed by atoms with Gasteiger partial charge in [0.1, 0.15) is 16.3 Å². The molecular formula is C16H13N3O7S2. The van der Waals surface area contributed by atoms with Crippen LogP contribution in [0.15, 0.2) is 68.6 Å². The van der Waals surface area contributed by atoms with Gasteiger partial charge in [-0.25, -0.2) is 0 Å². The highest BCUT2D eigenvalue weighted by Gasteiger charge is 2.20. The summed E-state index contributed by atoms with van der Waals surface area (Å²) in [5.74, 6) is -0.328. The topological polar surface area (TPSA) is 180 Å². The van der Waals surface area contributed by atoms with Crippen LogP contribution >= 0.6 is 0 Å². The number of anilines is 1. The summed E-state index contributed by atoms with van der Waals surface area (Å²) in [5, 5.41) is 17.6. The van der Waals surface area contributed by atoms with Crippen LogP contribution in [0.1, 0.15) is 0 Å². The summed E-state index contributed by atoms with van der Waals surface area (Å²) >= 11 is 0. The molecule has 0 aliphatic carbocycles. The van der Waals surface area contributed by atoms with E-state index in [0.717, 1.165) is 18.2 Å². The lowest BCUT2D eigenvalue weighted by molar-refractivity contribution is 0.480. The molecule has 0 aromatic heterocycles. The largest absolute Gasteiger partial charge is 0.507 e. The van der Waals surface area contributed by atoms with Gasteiger partial charge in [-0.3, -0.25) is 9.11 Å². The fourth-order valence-electron chi connectivity index (χ4n) is 2.55. The third kappa shape index (κ3) is 3.80. The summed E-state index contributed by atoms with van der Waals surface area (Å²) in [7, 11) is -9.12. The third-order valence-corrected chi connectivity index (χ3v) is 5.53. The molecule has 5 N–H and O–H groups in total. The van der Waals surface area contributed by atoms with Gasteiger partial charge in [-0.05, 0) is 30.3 Å². The molecule has 0 spiro atoms. The van der Waals surface area contributed by atoms with Crippen molar-refractivity contribution in [3.8, 4) is 5.75 Å². The standard InChI is InChI=1S/C16H13N3O7S2/c17-16-12(19-18-9-3-1-4-10(7-9)27(21,22)23)8-14(28(24,25)26)11-5-2-6-13(20)15(11)16/h1-8,20H,17H2,(H,21,22,23)(H,24,25,26). The summed E-state index contributed by atoms with van der Waals surface area (Å²) < 4.78 is 64.4. The van der Waals surface area contributed by atoms with Crippen LogP contribution in [-0.4, -0.2) is 31.0 Å². The number of phenols is 1. The van der Waals surface area contributed by atoms with Gasteiger partial charge in [0.25, 0.3) is 20.2 Å². The Hall–Kier alpha value is -3.06. The zero-order valence-corrected chi connectivity index (χ0v) is 15.5. The molecule has 0 radical (unpaired) electrons. The van der Waals surface area contributed by atoms with E-state index < -0.39 is 30.0 Å². The molecule has 0 atom stereocenters. The summed E-state index contributed by atoms with van der Waals surface area (Å²) in [6.45, 7) is 0. The number of azo groups is 1. The van der Waals surface area contributed by atoms with Crippen molar-refractivity contribution < 1.29 is 31.0 Å². The van der Waals surface area contributed by atoms with Crippen molar-refractivity contribution in [3.63, 3.8) is 0 Å². The number of nitrogens with two attached hydrogens (primary N) is 1. The first-order valence-corrected chi connectivity index (χ1v) is 10.4. The normalized spacial score (nSPS) is 12.6. The Morgan fingerprint density at radius 1 is 0.857 bits per heavy atom. The third-order valence-electron chi connectivity index (χ3n) is 3.79. The number of fused-ring (bicyclic) bond motifs is 1. The average Bonchev–Trinajstić information content (AvgIpc) is 2.59. The minimum Gasteiger partial charge on any atom is -0.507 e. The molecule has 0 aliphatic rings. The van der Waals surface area contributed by atoms with Crippen LogP contribution in [0.25, 0.3) is 10.8 Å². The maximum absolute atomic E-state index is 11.7. The van der Waals surface area contributed by atoms with E-state index in [9.17, 15) is 26.5 Å². The summed E-state index contributed by atoms with van der Waals surface area (Å²) in [5.41, 5.74) is 5.71. The van der Waals surface area contributed by atoms with Crippen LogP contribution in [0.5, 0.6) is 5.75 Å². The van der Waals surface area contributed by atoms with E-state index in [-0.39, 0.29) is 33.6 Å². The summed E-state index contributed by atoms with van der Waals surface area (Å²) in [6.07, 6.45) is 0. The van der Waals surface area contributed by atoms with Gasteiger partial charge in [0.2, 0.25) is 0 Å². The first-order valence-electron chi connectivity index (χ1n) is 7.49. The lowest BCUT2D eigenvalue weighted by atomic mass is 10.1. The van der Waals surface area contributed by atoms with Crippen LogP contribution in [0, 0.1) is 0 Å². The first kappa shape index (κ1) is 19.7. The van der Waals surface area contributed by atoms with Crippen LogP contribution < -0.4 is 5.73 Å². The van der Waals surface area contributed by atoms with Crippen LogP contribution in [0.4, 0.5) is 17.1 Å². The number of nitrogens with zero attached hydrogens (tertiary/aromatic N) is 2. The Kier molecular flexibility index (Phi) is 4.81. The van der Waals surface area contributed by atoms with Gasteiger partial charge in [0, 0.05) is 5.39 Å². The monoisotopic (exact) mass is 423 g/mol. The quantitative estimate of drug-likeness (QED) is 0.281. The summed E-state index contributed by atoms with van der Waals surface area (Å²) in [4.78, 5) is -0.945. The van der Waals surface area contributed by atoms with Gasteiger partial charge < -0.3 is 10.8 Å². The lowest BCUT2D eigenvalue weighted by Gasteiger charge is -2.10. The van der Waals surface area contributed by atoms with Crippen molar-refractivity contribution in [2.45, 2.75) is 9.79 Å². The SMILES string of the molecule is Nc1c(N=Nc2cccc(S(=O)(=O)O)c2)cc(S(=O)(=O)O)c2cccc(O)c12. The Morgan fingerprint density at radius 2 is 1.54 bits per heavy atom. The number of benzene rings is 3. The second-order valence-electron chi connectivity index (χ2n) is 5.65. The van der Waals surface area contributed by atoms with Gasteiger partial charge >= 0.3 is 0 Å². The Balaban J connectivity index is 2.21. The maximum atomic E-state index is 11.7. The molecule has 0 amide bonds. The highest BCUT2D eigenvalue weighted by atomic mass is 32.2. The van der Waals surface area contributed by atoms with Crippen LogP contribution in [0.3, 0.4) is 0 Å². The van der Waals surface area contributed by atoms with E-state index in [0.29, 0.717) is 0 Å². The van der Waals surface area contributed by atoms with Crippen molar-refractivity contribution in [2.75, 3.05) is 5.73 Å². The zero-order chi connectivity index (χ0) is 20.7. The average molecular weight is 423 g/mol. The molecular weight excluding hydrogens is 410 g/mol. The highest BCUT2D eigenvalue weighted by molar-refractivity contribution is 7.86. The van der Waals surface area contributed by atoms with Crippen LogP contribution in [-0.2, 0) is 20.2 Å². The number of nitrogen functional groups attached to an aromatic ring is 1. The molecule has 0 aliphatic heterocycles. The van der Waals surface area contributed by atoms with Gasteiger partial charge in [-0.2, -0.15) is 21.9 Å². The molecule has 3 rings (SSSR count). The second-order valence-corrected chi connectivity index (χ2v) is 8.47. The summed E-state index contributed by atoms with van der Waals surface area (Å²) in [6, 6.07) is 9.88. The molecule has 0 heterocycles. The zero-order valence-electron chi connectivity index (χ0n) is 13.9. The van der Waals surface area contributed by atoms with Crippen molar-refractivity contribution in [2.24, 2.45) is 10.2 Å². The Morgan fingerprint density at radius 3 is 2.18 bits per heavy atom. The molecule has 12 heteroatoms. The van der Waals surface area contributed by atoms with E-state index in [1.165, 1.54) is 30.3 Å². The number of rotatable bonds is 4. The van der Waals surface area contributed by atoms with Crippen molar-refractivity contribution in [3.05, 3.63) is 48.5 Å². The maximum Gasteiger partial charge on any atom is 0.295 e. The van der Waals surface area contributed by atoms with Gasteiger partial charge in [-0.1, -0.05) is 18.2 Å². The molecule has 3 aromatic rings. The lowest BCUT2D eigenvalue weighted by Crippen LogP contribution is -2.01. The molecule has 0 fully saturated rings. The van der Waals surface area contributed by atoms with Crippen molar-refractivity contribution in [1.82, 2.24) is 0 Å². The molecule has 0 saturated carbocycles. The van der Waals surface area contributed by atoms with Gasteiger partial charge in [0.05, 0.1) is 21.7 Å². The van der Waals surface area contributed by atoms with E-state index in [1.54, 1.807) is 0 Å². The van der Waals surface area contributed by atoms with E-state index in [2.05, 4.69) is 10.2 Å². The minimum atomic E-state index is -4.68. The van der Waals surface area contributed by atoms with Crippen LogP contribution in [0.2, 0.25) is 0 Å². The molecule has 0 bridgehead atoms. The highest BCUT2D eigenvalue weighted by Crippen LogP contribution is 2.40. The first-order chi connectivity index (χ1) is 13.0. The van der Waals surface area contributed by atoms with E-state index >= 15 is 0 Å². The molecule has 28 heavy (non-hydrogen) atoms. The van der Waals surface area contributed by atoms with E-state index in [1.807, 2.05) is 0 Å². The predicted octanol–water partition coefficient (Wildman–Crippen LogP) is 3.04. The second kappa shape index (κ2) is 6.83. The number of phenolic OH excluding ortho intramolecular Hbond substituents is 1. The smallest absolute Gasteiger partial charge is 0.295 e. The van der Waals surface area contributed by atoms with Crippen molar-refractivity contribution in [1.29, 1.82) is 0 Å². The fraction of sp³-hybridized carbons (Fsp3) is 0. The Labute approximate surface area is 159 Å². The number of aromatic hydroxyl groups is 1. The molecule has 3 aromatic carbocycles. The number of hydrogen-bond acceptors (Lipinski definition) is 8.